The first-order valence-corrected chi connectivity index (χ1v) is 7.76. The molecular formula is C14H23N3OS. The summed E-state index contributed by atoms with van der Waals surface area (Å²) in [6, 6.07) is -0.0873. The second kappa shape index (κ2) is 5.59. The third kappa shape index (κ3) is 3.54. The summed E-state index contributed by atoms with van der Waals surface area (Å²) in [7, 11) is 0. The number of hydrogen-bond acceptors (Lipinski definition) is 4. The zero-order valence-electron chi connectivity index (χ0n) is 12.1. The quantitative estimate of drug-likeness (QED) is 0.876. The molecule has 1 aliphatic heterocycles. The van der Waals surface area contributed by atoms with Crippen LogP contribution < -0.4 is 10.6 Å². The van der Waals surface area contributed by atoms with Crippen molar-refractivity contribution < 1.29 is 4.79 Å². The predicted molar refractivity (Wildman–Crippen MR) is 79.6 cm³/mol. The second-order valence-corrected chi connectivity index (χ2v) is 7.19. The van der Waals surface area contributed by atoms with Gasteiger partial charge in [-0.05, 0) is 25.3 Å². The molecule has 0 spiro atoms. The Balaban J connectivity index is 2.00. The van der Waals surface area contributed by atoms with E-state index in [-0.39, 0.29) is 17.4 Å². The van der Waals surface area contributed by atoms with E-state index in [1.807, 2.05) is 5.38 Å². The van der Waals surface area contributed by atoms with E-state index >= 15 is 0 Å². The molecule has 1 aliphatic rings. The van der Waals surface area contributed by atoms with Crippen molar-refractivity contribution >= 4 is 22.4 Å². The van der Waals surface area contributed by atoms with Crippen LogP contribution in [0.2, 0.25) is 0 Å². The van der Waals surface area contributed by atoms with Gasteiger partial charge in [-0.15, -0.1) is 11.3 Å². The van der Waals surface area contributed by atoms with Crippen molar-refractivity contribution in [3.8, 4) is 0 Å². The van der Waals surface area contributed by atoms with Gasteiger partial charge in [0.1, 0.15) is 0 Å². The topological polar surface area (TPSA) is 54.0 Å². The molecule has 0 saturated carbocycles. The first kappa shape index (κ1) is 14.5. The minimum Gasteiger partial charge on any atom is -0.306 e. The molecule has 2 N–H and O–H groups in total. The van der Waals surface area contributed by atoms with E-state index in [0.717, 1.165) is 25.1 Å². The Morgan fingerprint density at radius 1 is 1.53 bits per heavy atom. The number of carbonyl (C=O) groups is 1. The standard InChI is InChI=1S/C14H23N3OS/c1-9-6-5-7-15-11(9)12(18)17-13-16-10(8-19-13)14(2,3)4/h8-9,11,15H,5-7H2,1-4H3,(H,16,17,18). The van der Waals surface area contributed by atoms with Crippen LogP contribution in [0.5, 0.6) is 0 Å². The molecule has 1 amide bonds. The smallest absolute Gasteiger partial charge is 0.243 e. The highest BCUT2D eigenvalue weighted by Crippen LogP contribution is 2.26. The Kier molecular flexibility index (Phi) is 4.26. The molecule has 1 saturated heterocycles. The zero-order valence-corrected chi connectivity index (χ0v) is 12.9. The minimum atomic E-state index is -0.0873. The Labute approximate surface area is 119 Å². The van der Waals surface area contributed by atoms with E-state index in [1.165, 1.54) is 11.3 Å². The molecule has 2 rings (SSSR count). The summed E-state index contributed by atoms with van der Waals surface area (Å²) < 4.78 is 0. The SMILES string of the molecule is CC1CCCNC1C(=O)Nc1nc(C(C)(C)C)cs1. The number of hydrogen-bond donors (Lipinski definition) is 2. The van der Waals surface area contributed by atoms with Crippen LogP contribution in [0.3, 0.4) is 0 Å². The van der Waals surface area contributed by atoms with E-state index in [4.69, 9.17) is 0 Å². The number of rotatable bonds is 2. The molecule has 4 nitrogen and oxygen atoms in total. The summed E-state index contributed by atoms with van der Waals surface area (Å²) in [6.07, 6.45) is 2.26. The first-order valence-electron chi connectivity index (χ1n) is 6.88. The Morgan fingerprint density at radius 3 is 2.84 bits per heavy atom. The normalized spacial score (nSPS) is 24.2. The Morgan fingerprint density at radius 2 is 2.26 bits per heavy atom. The van der Waals surface area contributed by atoms with E-state index in [1.54, 1.807) is 0 Å². The van der Waals surface area contributed by atoms with E-state index in [2.05, 4.69) is 43.3 Å². The fraction of sp³-hybridized carbons (Fsp3) is 0.714. The third-order valence-corrected chi connectivity index (χ3v) is 4.31. The van der Waals surface area contributed by atoms with Gasteiger partial charge in [0.05, 0.1) is 11.7 Å². The average molecular weight is 281 g/mol. The number of nitrogens with zero attached hydrogens (tertiary/aromatic N) is 1. The number of nitrogens with one attached hydrogen (secondary N) is 2. The minimum absolute atomic E-state index is 0.0237. The van der Waals surface area contributed by atoms with E-state index in [0.29, 0.717) is 11.0 Å². The second-order valence-electron chi connectivity index (χ2n) is 6.33. The van der Waals surface area contributed by atoms with Gasteiger partial charge in [-0.25, -0.2) is 4.98 Å². The van der Waals surface area contributed by atoms with Gasteiger partial charge in [-0.3, -0.25) is 4.79 Å². The van der Waals surface area contributed by atoms with Crippen LogP contribution in [-0.4, -0.2) is 23.5 Å². The molecule has 1 aromatic rings. The van der Waals surface area contributed by atoms with Gasteiger partial charge < -0.3 is 10.6 Å². The van der Waals surface area contributed by atoms with E-state index < -0.39 is 0 Å². The summed E-state index contributed by atoms with van der Waals surface area (Å²) >= 11 is 1.50. The van der Waals surface area contributed by atoms with Crippen LogP contribution in [0.4, 0.5) is 5.13 Å². The van der Waals surface area contributed by atoms with Crippen molar-refractivity contribution in [1.29, 1.82) is 0 Å². The van der Waals surface area contributed by atoms with Crippen LogP contribution in [-0.2, 0) is 10.2 Å². The molecule has 19 heavy (non-hydrogen) atoms. The van der Waals surface area contributed by atoms with Crippen molar-refractivity contribution in [1.82, 2.24) is 10.3 Å². The lowest BCUT2D eigenvalue weighted by Gasteiger charge is -2.28. The highest BCUT2D eigenvalue weighted by atomic mass is 32.1. The number of anilines is 1. The van der Waals surface area contributed by atoms with Gasteiger partial charge in [-0.1, -0.05) is 27.7 Å². The lowest BCUT2D eigenvalue weighted by atomic mass is 9.92. The van der Waals surface area contributed by atoms with Crippen molar-refractivity contribution in [2.24, 2.45) is 5.92 Å². The highest BCUT2D eigenvalue weighted by molar-refractivity contribution is 7.14. The largest absolute Gasteiger partial charge is 0.306 e. The molecule has 1 fully saturated rings. The van der Waals surface area contributed by atoms with Gasteiger partial charge in [0.2, 0.25) is 5.91 Å². The summed E-state index contributed by atoms with van der Waals surface area (Å²) in [5.41, 5.74) is 1.05. The molecule has 2 atom stereocenters. The van der Waals surface area contributed by atoms with Crippen LogP contribution >= 0.6 is 11.3 Å². The van der Waals surface area contributed by atoms with Gasteiger partial charge in [0.15, 0.2) is 5.13 Å². The Bertz CT molecular complexity index is 450. The summed E-state index contributed by atoms with van der Waals surface area (Å²) in [5.74, 6) is 0.429. The van der Waals surface area contributed by atoms with Crippen molar-refractivity contribution in [3.63, 3.8) is 0 Å². The molecule has 0 aliphatic carbocycles. The highest BCUT2D eigenvalue weighted by Gasteiger charge is 2.28. The summed E-state index contributed by atoms with van der Waals surface area (Å²) in [4.78, 5) is 16.7. The van der Waals surface area contributed by atoms with Crippen LogP contribution in [0.1, 0.15) is 46.2 Å². The molecule has 0 aromatic carbocycles. The third-order valence-electron chi connectivity index (χ3n) is 3.55. The maximum Gasteiger partial charge on any atom is 0.243 e. The monoisotopic (exact) mass is 281 g/mol. The van der Waals surface area contributed by atoms with Gasteiger partial charge in [0, 0.05) is 10.8 Å². The lowest BCUT2D eigenvalue weighted by molar-refractivity contribution is -0.119. The van der Waals surface area contributed by atoms with Crippen molar-refractivity contribution in [2.75, 3.05) is 11.9 Å². The van der Waals surface area contributed by atoms with Gasteiger partial charge in [0.25, 0.3) is 0 Å². The Hall–Kier alpha value is -0.940. The van der Waals surface area contributed by atoms with Crippen LogP contribution in [0, 0.1) is 5.92 Å². The maximum absolute atomic E-state index is 12.2. The number of piperidine rings is 1. The molecule has 1 aromatic heterocycles. The van der Waals surface area contributed by atoms with Gasteiger partial charge in [-0.2, -0.15) is 0 Å². The molecule has 2 heterocycles. The maximum atomic E-state index is 12.2. The van der Waals surface area contributed by atoms with Gasteiger partial charge >= 0.3 is 0 Å². The van der Waals surface area contributed by atoms with Crippen LogP contribution in [0.25, 0.3) is 0 Å². The number of amides is 1. The summed E-state index contributed by atoms with van der Waals surface area (Å²) in [5, 5.41) is 8.96. The number of aromatic nitrogens is 1. The van der Waals surface area contributed by atoms with E-state index in [9.17, 15) is 4.79 Å². The lowest BCUT2D eigenvalue weighted by Crippen LogP contribution is -2.48. The fourth-order valence-electron chi connectivity index (χ4n) is 2.26. The van der Waals surface area contributed by atoms with Crippen molar-refractivity contribution in [3.05, 3.63) is 11.1 Å². The zero-order chi connectivity index (χ0) is 14.0. The molecule has 2 unspecified atom stereocenters. The summed E-state index contributed by atoms with van der Waals surface area (Å²) in [6.45, 7) is 9.42. The average Bonchev–Trinajstić information content (AvgIpc) is 2.77. The predicted octanol–water partition coefficient (Wildman–Crippen LogP) is 2.77. The number of carbonyl (C=O) groups excluding carboxylic acids is 1. The molecule has 0 bridgehead atoms. The molecule has 106 valence electrons. The molecular weight excluding hydrogens is 258 g/mol. The molecule has 0 radical (unpaired) electrons. The molecule has 5 heteroatoms. The first-order chi connectivity index (χ1) is 8.88. The van der Waals surface area contributed by atoms with Crippen molar-refractivity contribution in [2.45, 2.75) is 52.0 Å². The fourth-order valence-corrected chi connectivity index (χ4v) is 3.20. The van der Waals surface area contributed by atoms with Crippen LogP contribution in [0.15, 0.2) is 5.38 Å². The number of thiazole rings is 1.